The number of hydrogen-bond donors (Lipinski definition) is 2. The molecule has 0 aromatic carbocycles. The van der Waals surface area contributed by atoms with Crippen molar-refractivity contribution >= 4 is 17.7 Å². The maximum absolute atomic E-state index is 10.9. The van der Waals surface area contributed by atoms with Crippen LogP contribution in [-0.4, -0.2) is 36.2 Å². The molecule has 0 aromatic rings. The van der Waals surface area contributed by atoms with Gasteiger partial charge >= 0.3 is 0 Å². The van der Waals surface area contributed by atoms with Crippen LogP contribution in [0.2, 0.25) is 0 Å². The third-order valence-electron chi connectivity index (χ3n) is 1.96. The maximum Gasteiger partial charge on any atom is 0.237 e. The van der Waals surface area contributed by atoms with Crippen molar-refractivity contribution in [3.8, 4) is 0 Å². The molecule has 0 spiro atoms. The van der Waals surface area contributed by atoms with Gasteiger partial charge in [0.25, 0.3) is 0 Å². The lowest BCUT2D eigenvalue weighted by Crippen LogP contribution is -2.50. The van der Waals surface area contributed by atoms with Crippen LogP contribution < -0.4 is 11.5 Å². The van der Waals surface area contributed by atoms with E-state index in [1.165, 1.54) is 0 Å². The lowest BCUT2D eigenvalue weighted by Gasteiger charge is -2.24. The lowest BCUT2D eigenvalue weighted by atomic mass is 9.97. The molecule has 0 radical (unpaired) electrons. The van der Waals surface area contributed by atoms with Crippen LogP contribution in [0.1, 0.15) is 20.3 Å². The Morgan fingerprint density at radius 3 is 2.64 bits per heavy atom. The molecule has 0 bridgehead atoms. The van der Waals surface area contributed by atoms with E-state index in [1.54, 1.807) is 25.8 Å². The van der Waals surface area contributed by atoms with Crippen LogP contribution in [0.15, 0.2) is 0 Å². The first-order valence-corrected chi connectivity index (χ1v) is 5.64. The van der Waals surface area contributed by atoms with Gasteiger partial charge in [0.05, 0.1) is 12.1 Å². The third-order valence-corrected chi connectivity index (χ3v) is 3.10. The number of rotatable bonds is 7. The summed E-state index contributed by atoms with van der Waals surface area (Å²) in [5.74, 6) is 0.462. The number of amides is 1. The van der Waals surface area contributed by atoms with Gasteiger partial charge in [-0.2, -0.15) is 11.8 Å². The van der Waals surface area contributed by atoms with Crippen LogP contribution in [0.25, 0.3) is 0 Å². The molecule has 2 atom stereocenters. The Kier molecular flexibility index (Phi) is 6.15. The molecule has 14 heavy (non-hydrogen) atoms. The zero-order valence-electron chi connectivity index (χ0n) is 9.08. The van der Waals surface area contributed by atoms with Gasteiger partial charge in [-0.15, -0.1) is 0 Å². The molecule has 0 aliphatic heterocycles. The number of carbonyl (C=O) groups excluding carboxylic acids is 1. The second-order valence-corrected chi connectivity index (χ2v) is 5.21. The minimum Gasteiger partial charge on any atom is -0.384 e. The molecule has 84 valence electrons. The predicted octanol–water partition coefficient (Wildman–Crippen LogP) is 0.347. The first-order valence-electron chi connectivity index (χ1n) is 4.59. The smallest absolute Gasteiger partial charge is 0.237 e. The van der Waals surface area contributed by atoms with Crippen LogP contribution in [0.3, 0.4) is 0 Å². The molecule has 4 nitrogen and oxygen atoms in total. The molecule has 0 aliphatic carbocycles. The maximum atomic E-state index is 10.9. The quantitative estimate of drug-likeness (QED) is 0.607. The van der Waals surface area contributed by atoms with Gasteiger partial charge in [-0.05, 0) is 13.3 Å². The molecule has 0 saturated heterocycles. The summed E-state index contributed by atoms with van der Waals surface area (Å²) in [5, 5.41) is 0.313. The summed E-state index contributed by atoms with van der Waals surface area (Å²) in [6.45, 7) is 4.42. The Bertz CT molecular complexity index is 186. The van der Waals surface area contributed by atoms with Crippen molar-refractivity contribution in [3.05, 3.63) is 0 Å². The number of thioether (sulfide) groups is 1. The summed E-state index contributed by atoms with van der Waals surface area (Å²) >= 11 is 1.73. The highest BCUT2D eigenvalue weighted by Crippen LogP contribution is 2.19. The van der Waals surface area contributed by atoms with Crippen molar-refractivity contribution < 1.29 is 9.53 Å². The summed E-state index contributed by atoms with van der Waals surface area (Å²) in [6.07, 6.45) is 0.594. The van der Waals surface area contributed by atoms with Crippen molar-refractivity contribution in [1.29, 1.82) is 0 Å². The van der Waals surface area contributed by atoms with Gasteiger partial charge < -0.3 is 16.2 Å². The van der Waals surface area contributed by atoms with Gasteiger partial charge in [0, 0.05) is 18.1 Å². The van der Waals surface area contributed by atoms with E-state index >= 15 is 0 Å². The highest BCUT2D eigenvalue weighted by molar-refractivity contribution is 7.99. The summed E-state index contributed by atoms with van der Waals surface area (Å²) in [7, 11) is 1.67. The fourth-order valence-corrected chi connectivity index (χ4v) is 2.22. The van der Waals surface area contributed by atoms with E-state index in [9.17, 15) is 4.79 Å². The van der Waals surface area contributed by atoms with Crippen LogP contribution in [-0.2, 0) is 9.53 Å². The number of primary amides is 1. The fraction of sp³-hybridized carbons (Fsp3) is 0.889. The molecule has 0 heterocycles. The SMILES string of the molecule is COCCSC(C)CC(C)(N)C(N)=O. The van der Waals surface area contributed by atoms with E-state index < -0.39 is 11.4 Å². The molecular weight excluding hydrogens is 200 g/mol. The summed E-state index contributed by atoms with van der Waals surface area (Å²) in [5.41, 5.74) is 10.0. The largest absolute Gasteiger partial charge is 0.384 e. The number of carbonyl (C=O) groups is 1. The lowest BCUT2D eigenvalue weighted by molar-refractivity contribution is -0.122. The topological polar surface area (TPSA) is 78.3 Å². The minimum absolute atomic E-state index is 0.313. The second kappa shape index (κ2) is 6.27. The Balaban J connectivity index is 3.81. The molecule has 1 amide bonds. The molecule has 0 fully saturated rings. The monoisotopic (exact) mass is 220 g/mol. The molecule has 2 unspecified atom stereocenters. The number of hydrogen-bond acceptors (Lipinski definition) is 4. The number of nitrogens with two attached hydrogens (primary N) is 2. The van der Waals surface area contributed by atoms with Gasteiger partial charge in [0.1, 0.15) is 0 Å². The van der Waals surface area contributed by atoms with E-state index in [4.69, 9.17) is 16.2 Å². The van der Waals surface area contributed by atoms with Crippen LogP contribution in [0.4, 0.5) is 0 Å². The molecule has 5 heteroatoms. The molecule has 0 aliphatic rings. The Morgan fingerprint density at radius 2 is 2.21 bits per heavy atom. The third kappa shape index (κ3) is 5.47. The minimum atomic E-state index is -0.903. The zero-order valence-corrected chi connectivity index (χ0v) is 9.89. The molecule has 0 rings (SSSR count). The zero-order chi connectivity index (χ0) is 11.2. The molecular formula is C9H20N2O2S. The molecule has 4 N–H and O–H groups in total. The average Bonchev–Trinajstić information content (AvgIpc) is 2.03. The van der Waals surface area contributed by atoms with Crippen LogP contribution >= 0.6 is 11.8 Å². The van der Waals surface area contributed by atoms with Crippen molar-refractivity contribution in [3.63, 3.8) is 0 Å². The number of ether oxygens (including phenoxy) is 1. The van der Waals surface area contributed by atoms with E-state index in [2.05, 4.69) is 0 Å². The van der Waals surface area contributed by atoms with Crippen molar-refractivity contribution in [2.45, 2.75) is 31.1 Å². The second-order valence-electron chi connectivity index (χ2n) is 3.66. The molecule has 0 aromatic heterocycles. The van der Waals surface area contributed by atoms with Crippen molar-refractivity contribution in [1.82, 2.24) is 0 Å². The van der Waals surface area contributed by atoms with E-state index in [1.807, 2.05) is 6.92 Å². The highest BCUT2D eigenvalue weighted by Gasteiger charge is 2.27. The van der Waals surface area contributed by atoms with Crippen LogP contribution in [0.5, 0.6) is 0 Å². The van der Waals surface area contributed by atoms with Gasteiger partial charge in [-0.3, -0.25) is 4.79 Å². The summed E-state index contributed by atoms with van der Waals surface area (Å²) < 4.78 is 4.93. The summed E-state index contributed by atoms with van der Waals surface area (Å²) in [6, 6.07) is 0. The van der Waals surface area contributed by atoms with E-state index in [-0.39, 0.29) is 0 Å². The van der Waals surface area contributed by atoms with Gasteiger partial charge in [0.15, 0.2) is 0 Å². The fourth-order valence-electron chi connectivity index (χ4n) is 1.09. The van der Waals surface area contributed by atoms with Gasteiger partial charge in [-0.25, -0.2) is 0 Å². The number of methoxy groups -OCH3 is 1. The normalized spacial score (nSPS) is 17.4. The highest BCUT2D eigenvalue weighted by atomic mass is 32.2. The Morgan fingerprint density at radius 1 is 1.64 bits per heavy atom. The predicted molar refractivity (Wildman–Crippen MR) is 60.2 cm³/mol. The molecule has 0 saturated carbocycles. The van der Waals surface area contributed by atoms with Crippen molar-refractivity contribution in [2.24, 2.45) is 11.5 Å². The standard InChI is InChI=1S/C9H20N2O2S/c1-7(14-5-4-13-3)6-9(2,11)8(10)12/h7H,4-6,11H2,1-3H3,(H2,10,12). The Hall–Kier alpha value is -0.260. The summed E-state index contributed by atoms with van der Waals surface area (Å²) in [4.78, 5) is 10.9. The van der Waals surface area contributed by atoms with Crippen LogP contribution in [0, 0.1) is 0 Å². The van der Waals surface area contributed by atoms with Crippen molar-refractivity contribution in [2.75, 3.05) is 19.5 Å². The average molecular weight is 220 g/mol. The first-order chi connectivity index (χ1) is 6.40. The van der Waals surface area contributed by atoms with E-state index in [0.29, 0.717) is 18.3 Å². The van der Waals surface area contributed by atoms with Gasteiger partial charge in [-0.1, -0.05) is 6.92 Å². The van der Waals surface area contributed by atoms with Gasteiger partial charge in [0.2, 0.25) is 5.91 Å². The van der Waals surface area contributed by atoms with E-state index in [0.717, 1.165) is 5.75 Å². The first kappa shape index (κ1) is 13.7. The Labute approximate surface area is 89.7 Å².